The van der Waals surface area contributed by atoms with E-state index in [-0.39, 0.29) is 0 Å². The number of rotatable bonds is 9. The van der Waals surface area contributed by atoms with Gasteiger partial charge in [0.15, 0.2) is 0 Å². The first-order valence-electron chi connectivity index (χ1n) is 4.93. The molecule has 0 saturated carbocycles. The monoisotopic (exact) mass is 203 g/mol. The molecule has 0 rings (SSSR count). The fourth-order valence-electron chi connectivity index (χ4n) is 1.03. The summed E-state index contributed by atoms with van der Waals surface area (Å²) in [5, 5.41) is 3.08. The molecule has 14 heavy (non-hydrogen) atoms. The predicted octanol–water partition coefficient (Wildman–Crippen LogP) is -0.795. The molecule has 0 saturated heterocycles. The van der Waals surface area contributed by atoms with Crippen LogP contribution in [0.2, 0.25) is 0 Å². The number of ether oxygens (including phenoxy) is 1. The van der Waals surface area contributed by atoms with Gasteiger partial charge in [0.2, 0.25) is 5.91 Å². The molecule has 0 spiro atoms. The van der Waals surface area contributed by atoms with E-state index in [4.69, 9.17) is 16.2 Å². The number of carbonyl (C=O) groups is 1. The third-order valence-electron chi connectivity index (χ3n) is 1.93. The highest BCUT2D eigenvalue weighted by atomic mass is 16.5. The molecule has 0 heterocycles. The maximum Gasteiger partial charge on any atom is 0.235 e. The van der Waals surface area contributed by atoms with Crippen LogP contribution in [-0.4, -0.2) is 38.8 Å². The van der Waals surface area contributed by atoms with Gasteiger partial charge in [-0.15, -0.1) is 0 Å². The summed E-state index contributed by atoms with van der Waals surface area (Å²) < 4.78 is 4.92. The third kappa shape index (κ3) is 7.97. The van der Waals surface area contributed by atoms with Gasteiger partial charge in [-0.3, -0.25) is 4.79 Å². The largest absolute Gasteiger partial charge is 0.385 e. The van der Waals surface area contributed by atoms with Crippen molar-refractivity contribution in [2.75, 3.05) is 26.8 Å². The molecule has 1 atom stereocenters. The Morgan fingerprint density at radius 1 is 1.43 bits per heavy atom. The van der Waals surface area contributed by atoms with Crippen LogP contribution in [0.15, 0.2) is 0 Å². The molecule has 0 aromatic heterocycles. The first-order valence-corrected chi connectivity index (χ1v) is 4.93. The Bertz CT molecular complexity index is 153. The SMILES string of the molecule is COCCCCCNCC(N)C(N)=O. The molecule has 0 radical (unpaired) electrons. The topological polar surface area (TPSA) is 90.4 Å². The van der Waals surface area contributed by atoms with E-state index in [9.17, 15) is 4.79 Å². The number of hydrogen-bond acceptors (Lipinski definition) is 4. The van der Waals surface area contributed by atoms with E-state index in [1.165, 1.54) is 0 Å². The van der Waals surface area contributed by atoms with Crippen molar-refractivity contribution >= 4 is 5.91 Å². The normalized spacial score (nSPS) is 12.7. The number of hydrogen-bond donors (Lipinski definition) is 3. The van der Waals surface area contributed by atoms with E-state index in [0.29, 0.717) is 6.54 Å². The van der Waals surface area contributed by atoms with Crippen LogP contribution in [0.25, 0.3) is 0 Å². The fourth-order valence-corrected chi connectivity index (χ4v) is 1.03. The summed E-state index contributed by atoms with van der Waals surface area (Å²) >= 11 is 0. The summed E-state index contributed by atoms with van der Waals surface area (Å²) in [5.74, 6) is -0.461. The van der Waals surface area contributed by atoms with Crippen LogP contribution in [0.4, 0.5) is 0 Å². The van der Waals surface area contributed by atoms with E-state index < -0.39 is 11.9 Å². The first kappa shape index (κ1) is 13.4. The number of nitrogens with one attached hydrogen (secondary N) is 1. The number of methoxy groups -OCH3 is 1. The average Bonchev–Trinajstić information content (AvgIpc) is 2.16. The van der Waals surface area contributed by atoms with Crippen LogP contribution in [0.3, 0.4) is 0 Å². The van der Waals surface area contributed by atoms with Crippen molar-refractivity contribution in [3.63, 3.8) is 0 Å². The maximum atomic E-state index is 10.5. The van der Waals surface area contributed by atoms with Crippen molar-refractivity contribution in [3.05, 3.63) is 0 Å². The molecule has 0 aliphatic heterocycles. The number of unbranched alkanes of at least 4 members (excludes halogenated alkanes) is 2. The zero-order valence-corrected chi connectivity index (χ0v) is 8.79. The molecule has 0 aromatic carbocycles. The molecular weight excluding hydrogens is 182 g/mol. The van der Waals surface area contributed by atoms with Gasteiger partial charge in [-0.25, -0.2) is 0 Å². The Morgan fingerprint density at radius 3 is 2.71 bits per heavy atom. The van der Waals surface area contributed by atoms with Gasteiger partial charge >= 0.3 is 0 Å². The second-order valence-corrected chi connectivity index (χ2v) is 3.27. The van der Waals surface area contributed by atoms with Crippen LogP contribution in [0.1, 0.15) is 19.3 Å². The molecule has 0 aromatic rings. The number of carbonyl (C=O) groups excluding carboxylic acids is 1. The van der Waals surface area contributed by atoms with Gasteiger partial charge < -0.3 is 21.5 Å². The van der Waals surface area contributed by atoms with Crippen LogP contribution in [0, 0.1) is 0 Å². The third-order valence-corrected chi connectivity index (χ3v) is 1.93. The molecule has 5 N–H and O–H groups in total. The molecule has 0 aliphatic rings. The second-order valence-electron chi connectivity index (χ2n) is 3.27. The van der Waals surface area contributed by atoms with Crippen LogP contribution >= 0.6 is 0 Å². The number of nitrogens with two attached hydrogens (primary N) is 2. The lowest BCUT2D eigenvalue weighted by atomic mass is 10.2. The van der Waals surface area contributed by atoms with E-state index in [2.05, 4.69) is 5.32 Å². The van der Waals surface area contributed by atoms with E-state index in [1.54, 1.807) is 7.11 Å². The molecular formula is C9H21N3O2. The van der Waals surface area contributed by atoms with Gasteiger partial charge in [0.05, 0.1) is 6.04 Å². The molecule has 1 unspecified atom stereocenters. The van der Waals surface area contributed by atoms with Crippen LogP contribution in [-0.2, 0) is 9.53 Å². The minimum Gasteiger partial charge on any atom is -0.385 e. The minimum absolute atomic E-state index is 0.458. The van der Waals surface area contributed by atoms with Crippen LogP contribution < -0.4 is 16.8 Å². The first-order chi connectivity index (χ1) is 6.68. The highest BCUT2D eigenvalue weighted by molar-refractivity contribution is 5.79. The lowest BCUT2D eigenvalue weighted by Gasteiger charge is -2.08. The van der Waals surface area contributed by atoms with Crippen molar-refractivity contribution in [1.29, 1.82) is 0 Å². The summed E-state index contributed by atoms with van der Waals surface area (Å²) in [4.78, 5) is 10.5. The second kappa shape index (κ2) is 8.93. The van der Waals surface area contributed by atoms with Crippen molar-refractivity contribution in [1.82, 2.24) is 5.32 Å². The van der Waals surface area contributed by atoms with E-state index >= 15 is 0 Å². The van der Waals surface area contributed by atoms with Gasteiger partial charge in [0.1, 0.15) is 0 Å². The Labute approximate surface area is 85.2 Å². The summed E-state index contributed by atoms with van der Waals surface area (Å²) in [6.07, 6.45) is 3.25. The molecule has 0 bridgehead atoms. The Hall–Kier alpha value is -0.650. The van der Waals surface area contributed by atoms with Gasteiger partial charge in [-0.1, -0.05) is 0 Å². The standard InChI is InChI=1S/C9H21N3O2/c1-14-6-4-2-3-5-12-7-8(10)9(11)13/h8,12H,2-7,10H2,1H3,(H2,11,13). The lowest BCUT2D eigenvalue weighted by molar-refractivity contribution is -0.119. The van der Waals surface area contributed by atoms with Gasteiger partial charge in [0, 0.05) is 20.3 Å². The van der Waals surface area contributed by atoms with E-state index in [1.807, 2.05) is 0 Å². The van der Waals surface area contributed by atoms with Crippen molar-refractivity contribution in [2.24, 2.45) is 11.5 Å². The quantitative estimate of drug-likeness (QED) is 0.428. The zero-order chi connectivity index (χ0) is 10.8. The Morgan fingerprint density at radius 2 is 2.14 bits per heavy atom. The smallest absolute Gasteiger partial charge is 0.235 e. The summed E-state index contributed by atoms with van der Waals surface area (Å²) in [6.45, 7) is 2.13. The average molecular weight is 203 g/mol. The zero-order valence-electron chi connectivity index (χ0n) is 8.79. The summed E-state index contributed by atoms with van der Waals surface area (Å²) in [5.41, 5.74) is 10.4. The number of amides is 1. The summed E-state index contributed by atoms with van der Waals surface area (Å²) in [6, 6.07) is -0.575. The molecule has 84 valence electrons. The molecule has 5 heteroatoms. The van der Waals surface area contributed by atoms with Crippen molar-refractivity contribution in [3.8, 4) is 0 Å². The minimum atomic E-state index is -0.575. The van der Waals surface area contributed by atoms with E-state index in [0.717, 1.165) is 32.4 Å². The fraction of sp³-hybridized carbons (Fsp3) is 0.889. The molecule has 5 nitrogen and oxygen atoms in total. The summed E-state index contributed by atoms with van der Waals surface area (Å²) in [7, 11) is 1.70. The van der Waals surface area contributed by atoms with Gasteiger partial charge in [0.25, 0.3) is 0 Å². The highest BCUT2D eigenvalue weighted by Crippen LogP contribution is 1.93. The lowest BCUT2D eigenvalue weighted by Crippen LogP contribution is -2.44. The van der Waals surface area contributed by atoms with Crippen molar-refractivity contribution < 1.29 is 9.53 Å². The Balaban J connectivity index is 3.09. The van der Waals surface area contributed by atoms with Gasteiger partial charge in [-0.2, -0.15) is 0 Å². The maximum absolute atomic E-state index is 10.5. The molecule has 1 amide bonds. The molecule has 0 aliphatic carbocycles. The van der Waals surface area contributed by atoms with Gasteiger partial charge in [-0.05, 0) is 25.8 Å². The van der Waals surface area contributed by atoms with Crippen molar-refractivity contribution in [2.45, 2.75) is 25.3 Å². The number of primary amides is 1. The predicted molar refractivity (Wildman–Crippen MR) is 55.8 cm³/mol. The Kier molecular flexibility index (Phi) is 8.51. The molecule has 0 fully saturated rings. The highest BCUT2D eigenvalue weighted by Gasteiger charge is 2.06. The van der Waals surface area contributed by atoms with Crippen LogP contribution in [0.5, 0.6) is 0 Å².